The number of hydrogen-bond acceptors (Lipinski definition) is 11. The average Bonchev–Trinajstić information content (AvgIpc) is 2.98. The largest absolute Gasteiger partial charge is 0.460 e. The molecule has 10 atom stereocenters. The summed E-state index contributed by atoms with van der Waals surface area (Å²) in [5.74, 6) is -0.802. The average molecular weight is 669 g/mol. The van der Waals surface area contributed by atoms with E-state index in [1.807, 2.05) is 39.8 Å². The third-order valence-corrected chi connectivity index (χ3v) is 10.9. The van der Waals surface area contributed by atoms with Crippen LogP contribution in [0.2, 0.25) is 0 Å². The van der Waals surface area contributed by atoms with Crippen LogP contribution in [0, 0.1) is 23.2 Å². The standard InChI is InChI=1S/C36H68N4O7/c1-23(2)20-39-14-16-40(17-15-39)22-29-27(6)46-34(43)35(7,8)31(42)26(5)32(36(9,44-13)19-24(3)21-38(29)12)47-33-30(41)28(37(10)11)18-25(4)45-33/h23-30,32-33,41H,14-22H2,1-13H3/t24-,25-,26+,27+,28+,29+,30-,32-,33+,36-/m1/s1. The fourth-order valence-electron chi connectivity index (χ4n) is 8.07. The zero-order valence-corrected chi connectivity index (χ0v) is 31.8. The molecule has 0 aromatic rings. The van der Waals surface area contributed by atoms with Gasteiger partial charge in [0.2, 0.25) is 0 Å². The number of esters is 1. The minimum Gasteiger partial charge on any atom is -0.460 e. The summed E-state index contributed by atoms with van der Waals surface area (Å²) in [6, 6.07) is -0.230. The second-order valence-electron chi connectivity index (χ2n) is 16.3. The van der Waals surface area contributed by atoms with E-state index in [9.17, 15) is 14.7 Å². The van der Waals surface area contributed by atoms with E-state index in [2.05, 4.69) is 42.5 Å². The minimum absolute atomic E-state index is 0.0572. The van der Waals surface area contributed by atoms with E-state index in [0.29, 0.717) is 18.8 Å². The van der Waals surface area contributed by atoms with Crippen LogP contribution < -0.4 is 0 Å². The van der Waals surface area contributed by atoms with E-state index in [0.717, 1.165) is 45.8 Å². The van der Waals surface area contributed by atoms with Gasteiger partial charge in [-0.05, 0) is 80.4 Å². The predicted molar refractivity (Wildman–Crippen MR) is 184 cm³/mol. The van der Waals surface area contributed by atoms with Crippen LogP contribution >= 0.6 is 0 Å². The normalized spacial score (nSPS) is 39.4. The highest BCUT2D eigenvalue weighted by atomic mass is 16.7. The number of likely N-dealkylation sites (N-methyl/N-ethyl adjacent to an activating group) is 2. The Hall–Kier alpha value is -1.18. The first-order valence-electron chi connectivity index (χ1n) is 17.9. The third kappa shape index (κ3) is 9.96. The lowest BCUT2D eigenvalue weighted by atomic mass is 9.74. The van der Waals surface area contributed by atoms with Gasteiger partial charge >= 0.3 is 5.97 Å². The Bertz CT molecular complexity index is 1020. The molecule has 3 fully saturated rings. The molecule has 3 rings (SSSR count). The SMILES string of the molecule is CO[C@]1(C)C[C@@H](C)CN(C)[C@@H](CN2CCN(CC(C)C)CC2)[C@H](C)OC(=O)C(C)(C)C(=O)[C@H](C)[C@H]1O[C@@H]1O[C@H](C)C[C@H](N(C)C)[C@H]1O. The first-order chi connectivity index (χ1) is 21.8. The summed E-state index contributed by atoms with van der Waals surface area (Å²) in [6.07, 6.45) is -2.02. The number of hydrogen-bond donors (Lipinski definition) is 1. The van der Waals surface area contributed by atoms with E-state index in [-0.39, 0.29) is 29.9 Å². The van der Waals surface area contributed by atoms with Gasteiger partial charge in [0.25, 0.3) is 0 Å². The van der Waals surface area contributed by atoms with Gasteiger partial charge in [-0.2, -0.15) is 0 Å². The van der Waals surface area contributed by atoms with Gasteiger partial charge in [-0.1, -0.05) is 27.7 Å². The summed E-state index contributed by atoms with van der Waals surface area (Å²) >= 11 is 0. The topological polar surface area (TPSA) is 104 Å². The molecule has 274 valence electrons. The molecule has 0 saturated carbocycles. The van der Waals surface area contributed by atoms with Gasteiger partial charge in [0, 0.05) is 64.9 Å². The van der Waals surface area contributed by atoms with Gasteiger partial charge < -0.3 is 33.9 Å². The van der Waals surface area contributed by atoms with Gasteiger partial charge in [-0.25, -0.2) is 0 Å². The van der Waals surface area contributed by atoms with Gasteiger partial charge in [0.15, 0.2) is 12.1 Å². The van der Waals surface area contributed by atoms with Crippen LogP contribution in [0.1, 0.15) is 75.2 Å². The van der Waals surface area contributed by atoms with Crippen molar-refractivity contribution in [3.63, 3.8) is 0 Å². The molecule has 11 nitrogen and oxygen atoms in total. The molecule has 0 amide bonds. The molecule has 11 heteroatoms. The van der Waals surface area contributed by atoms with Gasteiger partial charge in [-0.3, -0.25) is 19.4 Å². The molecular weight excluding hydrogens is 600 g/mol. The van der Waals surface area contributed by atoms with Crippen molar-refractivity contribution < 1.29 is 33.6 Å². The summed E-state index contributed by atoms with van der Waals surface area (Å²) in [5.41, 5.74) is -2.35. The van der Waals surface area contributed by atoms with Gasteiger partial charge in [0.05, 0.1) is 23.9 Å². The molecular formula is C36H68N4O7. The first-order valence-corrected chi connectivity index (χ1v) is 17.9. The molecule has 0 spiro atoms. The number of aliphatic hydroxyl groups excluding tert-OH is 1. The number of carbonyl (C=O) groups excluding carboxylic acids is 2. The fraction of sp³-hybridized carbons (Fsp3) is 0.944. The Morgan fingerprint density at radius 3 is 2.17 bits per heavy atom. The summed E-state index contributed by atoms with van der Waals surface area (Å²) in [6.45, 7) is 24.3. The summed E-state index contributed by atoms with van der Waals surface area (Å²) in [4.78, 5) is 37.5. The number of rotatable bonds is 8. The molecule has 3 aliphatic heterocycles. The molecule has 0 bridgehead atoms. The van der Waals surface area contributed by atoms with Crippen molar-refractivity contribution in [1.82, 2.24) is 19.6 Å². The Balaban J connectivity index is 1.93. The quantitative estimate of drug-likeness (QED) is 0.305. The molecule has 0 aromatic carbocycles. The van der Waals surface area contributed by atoms with Crippen molar-refractivity contribution in [3.05, 3.63) is 0 Å². The summed E-state index contributed by atoms with van der Waals surface area (Å²) in [5, 5.41) is 11.4. The van der Waals surface area contributed by atoms with Crippen LogP contribution in [0.15, 0.2) is 0 Å². The number of ether oxygens (including phenoxy) is 4. The highest BCUT2D eigenvalue weighted by molar-refractivity contribution is 6.04. The van der Waals surface area contributed by atoms with Crippen molar-refractivity contribution >= 4 is 11.8 Å². The number of carbonyl (C=O) groups is 2. The van der Waals surface area contributed by atoms with E-state index in [4.69, 9.17) is 18.9 Å². The minimum atomic E-state index is -1.43. The van der Waals surface area contributed by atoms with E-state index >= 15 is 0 Å². The lowest BCUT2D eigenvalue weighted by molar-refractivity contribution is -0.295. The molecule has 0 unspecified atom stereocenters. The van der Waals surface area contributed by atoms with Crippen LogP contribution in [0.4, 0.5) is 0 Å². The zero-order chi connectivity index (χ0) is 35.4. The second kappa shape index (κ2) is 16.7. The number of piperazine rings is 1. The lowest BCUT2D eigenvalue weighted by Crippen LogP contribution is -2.59. The monoisotopic (exact) mass is 669 g/mol. The van der Waals surface area contributed by atoms with Gasteiger partial charge in [-0.15, -0.1) is 0 Å². The molecule has 3 saturated heterocycles. The van der Waals surface area contributed by atoms with E-state index in [1.54, 1.807) is 27.9 Å². The molecule has 0 aliphatic carbocycles. The third-order valence-electron chi connectivity index (χ3n) is 10.9. The molecule has 1 N–H and O–H groups in total. The highest BCUT2D eigenvalue weighted by Gasteiger charge is 2.52. The molecule has 0 radical (unpaired) electrons. The number of ketones is 1. The maximum Gasteiger partial charge on any atom is 0.319 e. The predicted octanol–water partition coefficient (Wildman–Crippen LogP) is 2.98. The van der Waals surface area contributed by atoms with Crippen LogP contribution in [-0.4, -0.2) is 159 Å². The fourth-order valence-corrected chi connectivity index (χ4v) is 8.07. The van der Waals surface area contributed by atoms with Crippen LogP contribution in [-0.2, 0) is 28.5 Å². The van der Waals surface area contributed by atoms with Crippen molar-refractivity contribution in [3.8, 4) is 0 Å². The Morgan fingerprint density at radius 2 is 1.62 bits per heavy atom. The molecule has 3 aliphatic rings. The number of Topliss-reactive ketones (excluding diaryl/α,β-unsaturated/α-hetero) is 1. The highest BCUT2D eigenvalue weighted by Crippen LogP contribution is 2.38. The molecule has 47 heavy (non-hydrogen) atoms. The van der Waals surface area contributed by atoms with Crippen LogP contribution in [0.3, 0.4) is 0 Å². The number of nitrogens with zero attached hydrogens (tertiary/aromatic N) is 4. The number of cyclic esters (lactones) is 1. The first kappa shape index (κ1) is 40.3. The number of methoxy groups -OCH3 is 1. The lowest BCUT2D eigenvalue weighted by Gasteiger charge is -2.47. The maximum atomic E-state index is 14.3. The Labute approximate surface area is 285 Å². The Morgan fingerprint density at radius 1 is 1.02 bits per heavy atom. The van der Waals surface area contributed by atoms with Crippen LogP contribution in [0.25, 0.3) is 0 Å². The molecule has 0 aromatic heterocycles. The van der Waals surface area contributed by atoms with Crippen molar-refractivity contribution in [1.29, 1.82) is 0 Å². The second-order valence-corrected chi connectivity index (χ2v) is 16.3. The van der Waals surface area contributed by atoms with E-state index in [1.165, 1.54) is 0 Å². The smallest absolute Gasteiger partial charge is 0.319 e. The maximum absolute atomic E-state index is 14.3. The summed E-state index contributed by atoms with van der Waals surface area (Å²) < 4.78 is 25.3. The van der Waals surface area contributed by atoms with E-state index < -0.39 is 47.5 Å². The van der Waals surface area contributed by atoms with Crippen molar-refractivity contribution in [2.24, 2.45) is 23.2 Å². The van der Waals surface area contributed by atoms with Crippen molar-refractivity contribution in [2.75, 3.05) is 74.1 Å². The van der Waals surface area contributed by atoms with Crippen LogP contribution in [0.5, 0.6) is 0 Å². The molecule has 3 heterocycles. The zero-order valence-electron chi connectivity index (χ0n) is 31.8. The van der Waals surface area contributed by atoms with Gasteiger partial charge in [0.1, 0.15) is 17.6 Å². The van der Waals surface area contributed by atoms with Crippen molar-refractivity contribution in [2.45, 2.75) is 124 Å². The Kier molecular flexibility index (Phi) is 14.3. The number of aliphatic hydroxyl groups is 1. The summed E-state index contributed by atoms with van der Waals surface area (Å²) in [7, 11) is 7.61.